The maximum absolute atomic E-state index is 4.33. The Balaban J connectivity index is 0.000000186. The fraction of sp³-hybridized carbons (Fsp3) is 0.471. The van der Waals surface area contributed by atoms with E-state index < -0.39 is 0 Å². The Morgan fingerprint density at radius 1 is 1.00 bits per heavy atom. The van der Waals surface area contributed by atoms with Crippen LogP contribution in [0.5, 0.6) is 0 Å². The molecule has 0 unspecified atom stereocenters. The molecule has 2 heteroatoms. The normalized spacial score (nSPS) is 15.6. The first-order valence-corrected chi connectivity index (χ1v) is 7.42. The Kier molecular flexibility index (Phi) is 5.67. The van der Waals surface area contributed by atoms with E-state index >= 15 is 0 Å². The Morgan fingerprint density at radius 2 is 1.58 bits per heavy atom. The largest absolute Gasteiger partial charge is 0.273 e. The van der Waals surface area contributed by atoms with Crippen LogP contribution in [0.15, 0.2) is 48.8 Å². The van der Waals surface area contributed by atoms with E-state index in [1.165, 1.54) is 37.7 Å². The highest BCUT2D eigenvalue weighted by Gasteiger charge is 2.16. The second-order valence-corrected chi connectivity index (χ2v) is 5.12. The lowest BCUT2D eigenvalue weighted by molar-refractivity contribution is 0.443. The van der Waals surface area contributed by atoms with Crippen molar-refractivity contribution in [2.75, 3.05) is 0 Å². The van der Waals surface area contributed by atoms with E-state index in [1.54, 1.807) is 0 Å². The summed E-state index contributed by atoms with van der Waals surface area (Å²) in [4.78, 5) is 0. The minimum Gasteiger partial charge on any atom is -0.273 e. The van der Waals surface area contributed by atoms with Crippen molar-refractivity contribution in [1.82, 2.24) is 9.78 Å². The first-order chi connectivity index (χ1) is 9.40. The van der Waals surface area contributed by atoms with Crippen molar-refractivity contribution in [3.05, 3.63) is 54.4 Å². The molecule has 1 fully saturated rings. The van der Waals surface area contributed by atoms with Crippen molar-refractivity contribution >= 4 is 0 Å². The number of hydrogen-bond acceptors (Lipinski definition) is 1. The molecule has 1 aliphatic rings. The predicted octanol–water partition coefficient (Wildman–Crippen LogP) is 4.64. The second-order valence-electron chi connectivity index (χ2n) is 5.12. The fourth-order valence-corrected chi connectivity index (χ4v) is 2.58. The van der Waals surface area contributed by atoms with E-state index in [1.807, 2.05) is 41.1 Å². The van der Waals surface area contributed by atoms with Crippen LogP contribution in [0, 0.1) is 0 Å². The van der Waals surface area contributed by atoms with Crippen LogP contribution in [0.2, 0.25) is 0 Å². The van der Waals surface area contributed by atoms with Gasteiger partial charge in [0.25, 0.3) is 0 Å². The van der Waals surface area contributed by atoms with Crippen molar-refractivity contribution in [1.29, 1.82) is 0 Å². The summed E-state index contributed by atoms with van der Waals surface area (Å²) in [6.45, 7) is 3.13. The van der Waals surface area contributed by atoms with Gasteiger partial charge in [-0.05, 0) is 31.2 Å². The van der Waals surface area contributed by atoms with Gasteiger partial charge in [-0.15, -0.1) is 0 Å². The van der Waals surface area contributed by atoms with Gasteiger partial charge in [0, 0.05) is 12.7 Å². The van der Waals surface area contributed by atoms with Gasteiger partial charge in [0.2, 0.25) is 0 Å². The molecule has 102 valence electrons. The topological polar surface area (TPSA) is 17.8 Å². The Hall–Kier alpha value is -1.57. The summed E-state index contributed by atoms with van der Waals surface area (Å²) in [6.07, 6.45) is 11.3. The smallest absolute Gasteiger partial charge is 0.0524 e. The van der Waals surface area contributed by atoms with Crippen molar-refractivity contribution < 1.29 is 0 Å². The number of aryl methyl sites for hydroxylation is 1. The molecule has 2 nitrogen and oxygen atoms in total. The molecule has 1 heterocycles. The van der Waals surface area contributed by atoms with Gasteiger partial charge in [-0.3, -0.25) is 4.68 Å². The molecule has 3 rings (SSSR count). The summed E-state index contributed by atoms with van der Waals surface area (Å²) in [5, 5.41) is 4.33. The molecule has 0 saturated heterocycles. The molecule has 0 radical (unpaired) electrons. The van der Waals surface area contributed by atoms with Gasteiger partial charge in [-0.25, -0.2) is 0 Å². The zero-order chi connectivity index (χ0) is 13.3. The average Bonchev–Trinajstić information content (AvgIpc) is 3.00. The highest BCUT2D eigenvalue weighted by molar-refractivity contribution is 5.11. The van der Waals surface area contributed by atoms with E-state index in [2.05, 4.69) is 24.4 Å². The van der Waals surface area contributed by atoms with Crippen LogP contribution in [0.1, 0.15) is 50.5 Å². The van der Waals surface area contributed by atoms with Gasteiger partial charge in [0.15, 0.2) is 0 Å². The van der Waals surface area contributed by atoms with Crippen molar-refractivity contribution in [3.63, 3.8) is 0 Å². The molecule has 0 atom stereocenters. The van der Waals surface area contributed by atoms with E-state index in [9.17, 15) is 0 Å². The summed E-state index contributed by atoms with van der Waals surface area (Å²) >= 11 is 0. The lowest BCUT2D eigenvalue weighted by Crippen LogP contribution is -2.03. The standard InChI is InChI=1S/C11H18N2.C6H6/c1-2-13-9-11(8-12-13)10-6-4-3-5-7-10;1-2-4-6-5-3-1/h8-10H,2-7H2,1H3;1-6H. The highest BCUT2D eigenvalue weighted by atomic mass is 15.3. The molecule has 0 N–H and O–H groups in total. The minimum absolute atomic E-state index is 0.800. The Labute approximate surface area is 116 Å². The molecule has 1 aliphatic carbocycles. The molecular weight excluding hydrogens is 232 g/mol. The van der Waals surface area contributed by atoms with Gasteiger partial charge in [-0.2, -0.15) is 5.10 Å². The zero-order valence-electron chi connectivity index (χ0n) is 11.8. The molecule has 0 aliphatic heterocycles. The SMILES string of the molecule is CCn1cc(C2CCCCC2)cn1.c1ccccc1. The van der Waals surface area contributed by atoms with Gasteiger partial charge in [0.05, 0.1) is 6.20 Å². The number of nitrogens with zero attached hydrogens (tertiary/aromatic N) is 2. The van der Waals surface area contributed by atoms with Crippen molar-refractivity contribution in [3.8, 4) is 0 Å². The molecule has 0 amide bonds. The Morgan fingerprint density at radius 3 is 2.05 bits per heavy atom. The summed E-state index contributed by atoms with van der Waals surface area (Å²) in [7, 11) is 0. The molecular formula is C17H24N2. The fourth-order valence-electron chi connectivity index (χ4n) is 2.58. The number of hydrogen-bond donors (Lipinski definition) is 0. The van der Waals surface area contributed by atoms with Crippen LogP contribution in [-0.4, -0.2) is 9.78 Å². The highest BCUT2D eigenvalue weighted by Crippen LogP contribution is 2.32. The molecule has 1 aromatic carbocycles. The zero-order valence-corrected chi connectivity index (χ0v) is 11.8. The van der Waals surface area contributed by atoms with E-state index in [4.69, 9.17) is 0 Å². The van der Waals surface area contributed by atoms with Gasteiger partial charge < -0.3 is 0 Å². The lowest BCUT2D eigenvalue weighted by atomic mass is 9.86. The Bertz CT molecular complexity index is 415. The molecule has 0 bridgehead atoms. The van der Waals surface area contributed by atoms with Crippen molar-refractivity contribution in [2.45, 2.75) is 51.5 Å². The number of rotatable bonds is 2. The first kappa shape index (κ1) is 13.9. The van der Waals surface area contributed by atoms with Crippen LogP contribution < -0.4 is 0 Å². The van der Waals surface area contributed by atoms with Gasteiger partial charge in [-0.1, -0.05) is 55.7 Å². The van der Waals surface area contributed by atoms with Crippen LogP contribution in [0.4, 0.5) is 0 Å². The second kappa shape index (κ2) is 7.78. The van der Waals surface area contributed by atoms with Crippen LogP contribution >= 0.6 is 0 Å². The number of benzene rings is 1. The van der Waals surface area contributed by atoms with Gasteiger partial charge in [0.1, 0.15) is 0 Å². The number of aromatic nitrogens is 2. The maximum Gasteiger partial charge on any atom is 0.0524 e. The predicted molar refractivity (Wildman–Crippen MR) is 80.2 cm³/mol. The summed E-state index contributed by atoms with van der Waals surface area (Å²) in [5.74, 6) is 0.800. The lowest BCUT2D eigenvalue weighted by Gasteiger charge is -2.19. The molecule has 1 aromatic heterocycles. The third kappa shape index (κ3) is 4.55. The summed E-state index contributed by atoms with van der Waals surface area (Å²) < 4.78 is 2.03. The average molecular weight is 256 g/mol. The third-order valence-electron chi connectivity index (χ3n) is 3.72. The maximum atomic E-state index is 4.33. The van der Waals surface area contributed by atoms with Crippen LogP contribution in [-0.2, 0) is 6.54 Å². The monoisotopic (exact) mass is 256 g/mol. The van der Waals surface area contributed by atoms with E-state index in [0.717, 1.165) is 12.5 Å². The third-order valence-corrected chi connectivity index (χ3v) is 3.72. The summed E-state index contributed by atoms with van der Waals surface area (Å²) in [5.41, 5.74) is 1.46. The van der Waals surface area contributed by atoms with Gasteiger partial charge >= 0.3 is 0 Å². The molecule has 0 spiro atoms. The summed E-state index contributed by atoms with van der Waals surface area (Å²) in [6, 6.07) is 12.0. The van der Waals surface area contributed by atoms with Crippen LogP contribution in [0.25, 0.3) is 0 Å². The first-order valence-electron chi connectivity index (χ1n) is 7.42. The molecule has 19 heavy (non-hydrogen) atoms. The van der Waals surface area contributed by atoms with E-state index in [0.29, 0.717) is 0 Å². The minimum atomic E-state index is 0.800. The molecule has 1 saturated carbocycles. The quantitative estimate of drug-likeness (QED) is 0.765. The van der Waals surface area contributed by atoms with Crippen molar-refractivity contribution in [2.24, 2.45) is 0 Å². The van der Waals surface area contributed by atoms with E-state index in [-0.39, 0.29) is 0 Å². The van der Waals surface area contributed by atoms with Crippen LogP contribution in [0.3, 0.4) is 0 Å². The molecule has 2 aromatic rings.